The van der Waals surface area contributed by atoms with Crippen LogP contribution in [0.2, 0.25) is 0 Å². The zero-order valence-electron chi connectivity index (χ0n) is 22.3. The van der Waals surface area contributed by atoms with E-state index in [-0.39, 0.29) is 17.3 Å². The molecule has 3 aromatic carbocycles. The number of sulfonamides is 1. The molecule has 0 aliphatic heterocycles. The summed E-state index contributed by atoms with van der Waals surface area (Å²) in [6.07, 6.45) is 0. The minimum absolute atomic E-state index is 0.0732. The molecule has 202 valence electrons. The van der Waals surface area contributed by atoms with Crippen LogP contribution in [0.5, 0.6) is 0 Å². The van der Waals surface area contributed by atoms with Crippen LogP contribution in [-0.2, 0) is 26.2 Å². The van der Waals surface area contributed by atoms with Crippen LogP contribution in [0, 0.1) is 6.92 Å². The predicted molar refractivity (Wildman–Crippen MR) is 154 cm³/mol. The van der Waals surface area contributed by atoms with Crippen molar-refractivity contribution in [3.8, 4) is 0 Å². The number of anilines is 1. The second kappa shape index (κ2) is 12.1. The molecule has 1 N–H and O–H groups in total. The number of hydrogen-bond donors (Lipinski definition) is 1. The summed E-state index contributed by atoms with van der Waals surface area (Å²) >= 11 is 3.40. The van der Waals surface area contributed by atoms with E-state index in [2.05, 4.69) is 21.2 Å². The molecule has 0 heterocycles. The first kappa shape index (κ1) is 29.4. The molecule has 0 aromatic heterocycles. The molecular formula is C29H34BrN3O4S. The lowest BCUT2D eigenvalue weighted by atomic mass is 10.1. The van der Waals surface area contributed by atoms with Gasteiger partial charge in [0.15, 0.2) is 0 Å². The first-order chi connectivity index (χ1) is 17.8. The molecular weight excluding hydrogens is 566 g/mol. The first-order valence-electron chi connectivity index (χ1n) is 12.3. The van der Waals surface area contributed by atoms with Crippen molar-refractivity contribution in [2.45, 2.75) is 57.6 Å². The number of carbonyl (C=O) groups is 2. The highest BCUT2D eigenvalue weighted by Crippen LogP contribution is 2.27. The Labute approximate surface area is 234 Å². The fourth-order valence-corrected chi connectivity index (χ4v) is 5.63. The summed E-state index contributed by atoms with van der Waals surface area (Å²) in [6, 6.07) is 21.7. The van der Waals surface area contributed by atoms with Gasteiger partial charge in [0.1, 0.15) is 12.6 Å². The Hall–Kier alpha value is -3.17. The average molecular weight is 601 g/mol. The summed E-state index contributed by atoms with van der Waals surface area (Å²) in [4.78, 5) is 28.5. The van der Waals surface area contributed by atoms with Gasteiger partial charge in [-0.2, -0.15) is 0 Å². The number of carbonyl (C=O) groups excluding carboxylic acids is 2. The third kappa shape index (κ3) is 7.68. The van der Waals surface area contributed by atoms with Crippen LogP contribution in [-0.4, -0.2) is 43.3 Å². The molecule has 3 rings (SSSR count). The van der Waals surface area contributed by atoms with Crippen molar-refractivity contribution in [3.63, 3.8) is 0 Å². The molecule has 0 fully saturated rings. The highest BCUT2D eigenvalue weighted by Gasteiger charge is 2.33. The Morgan fingerprint density at radius 3 is 2.16 bits per heavy atom. The van der Waals surface area contributed by atoms with Gasteiger partial charge in [-0.15, -0.1) is 0 Å². The Kier molecular flexibility index (Phi) is 9.38. The number of nitrogens with one attached hydrogen (secondary N) is 1. The second-order valence-corrected chi connectivity index (χ2v) is 13.0. The van der Waals surface area contributed by atoms with Gasteiger partial charge >= 0.3 is 0 Å². The second-order valence-electron chi connectivity index (χ2n) is 10.2. The van der Waals surface area contributed by atoms with Gasteiger partial charge in [0.25, 0.3) is 10.0 Å². The molecule has 38 heavy (non-hydrogen) atoms. The van der Waals surface area contributed by atoms with Crippen LogP contribution in [0.3, 0.4) is 0 Å². The highest BCUT2D eigenvalue weighted by atomic mass is 79.9. The van der Waals surface area contributed by atoms with Crippen molar-refractivity contribution in [1.82, 2.24) is 10.2 Å². The van der Waals surface area contributed by atoms with Gasteiger partial charge in [0.05, 0.1) is 10.6 Å². The van der Waals surface area contributed by atoms with Crippen molar-refractivity contribution in [2.24, 2.45) is 0 Å². The molecule has 0 aliphatic rings. The molecule has 0 saturated heterocycles. The van der Waals surface area contributed by atoms with E-state index < -0.39 is 34.1 Å². The summed E-state index contributed by atoms with van der Waals surface area (Å²) in [5.41, 5.74) is 1.58. The van der Waals surface area contributed by atoms with Crippen LogP contribution in [0.25, 0.3) is 0 Å². The summed E-state index contributed by atoms with van der Waals surface area (Å²) < 4.78 is 29.4. The van der Waals surface area contributed by atoms with Crippen molar-refractivity contribution in [2.75, 3.05) is 10.8 Å². The summed E-state index contributed by atoms with van der Waals surface area (Å²) in [5, 5.41) is 2.92. The quantitative estimate of drug-likeness (QED) is 0.362. The maximum Gasteiger partial charge on any atom is 0.264 e. The fraction of sp³-hybridized carbons (Fsp3) is 0.310. The molecule has 3 aromatic rings. The van der Waals surface area contributed by atoms with E-state index >= 15 is 0 Å². The van der Waals surface area contributed by atoms with E-state index in [9.17, 15) is 18.0 Å². The normalized spacial score (nSPS) is 12.5. The van der Waals surface area contributed by atoms with Gasteiger partial charge in [-0.1, -0.05) is 70.0 Å². The van der Waals surface area contributed by atoms with E-state index in [0.717, 1.165) is 15.4 Å². The van der Waals surface area contributed by atoms with Crippen LogP contribution >= 0.6 is 15.9 Å². The lowest BCUT2D eigenvalue weighted by Gasteiger charge is -2.33. The minimum atomic E-state index is -4.10. The van der Waals surface area contributed by atoms with E-state index in [1.807, 2.05) is 58.0 Å². The monoisotopic (exact) mass is 599 g/mol. The molecule has 1 unspecified atom stereocenters. The van der Waals surface area contributed by atoms with Gasteiger partial charge in [-0.05, 0) is 70.5 Å². The maximum atomic E-state index is 13.9. The number of amides is 2. The van der Waals surface area contributed by atoms with Gasteiger partial charge < -0.3 is 10.2 Å². The van der Waals surface area contributed by atoms with E-state index in [0.29, 0.717) is 10.2 Å². The lowest BCUT2D eigenvalue weighted by molar-refractivity contribution is -0.140. The van der Waals surface area contributed by atoms with E-state index in [1.54, 1.807) is 43.3 Å². The standard InChI is InChI=1S/C29H34BrN3O4S/c1-21-14-16-26(17-15-21)38(36,37)33(25-13-9-12-24(30)18-25)20-27(34)32(19-23-10-7-6-8-11-23)22(2)28(35)31-29(3,4)5/h6-18,22H,19-20H2,1-5H3,(H,31,35). The third-order valence-corrected chi connectivity index (χ3v) is 8.13. The van der Waals surface area contributed by atoms with Crippen molar-refractivity contribution >= 4 is 43.5 Å². The van der Waals surface area contributed by atoms with Crippen LogP contribution in [0.1, 0.15) is 38.8 Å². The van der Waals surface area contributed by atoms with Crippen LogP contribution < -0.4 is 9.62 Å². The number of nitrogens with zero attached hydrogens (tertiary/aromatic N) is 2. The highest BCUT2D eigenvalue weighted by molar-refractivity contribution is 9.10. The minimum Gasteiger partial charge on any atom is -0.350 e. The van der Waals surface area contributed by atoms with E-state index in [4.69, 9.17) is 0 Å². The van der Waals surface area contributed by atoms with Gasteiger partial charge in [-0.25, -0.2) is 8.42 Å². The lowest BCUT2D eigenvalue weighted by Crippen LogP contribution is -2.54. The summed E-state index contributed by atoms with van der Waals surface area (Å²) in [5.74, 6) is -0.821. The Morgan fingerprint density at radius 2 is 1.58 bits per heavy atom. The topological polar surface area (TPSA) is 86.8 Å². The first-order valence-corrected chi connectivity index (χ1v) is 14.5. The van der Waals surface area contributed by atoms with Crippen molar-refractivity contribution in [3.05, 3.63) is 94.5 Å². The van der Waals surface area contributed by atoms with Crippen molar-refractivity contribution in [1.29, 1.82) is 0 Å². The van der Waals surface area contributed by atoms with Gasteiger partial charge in [-0.3, -0.25) is 13.9 Å². The summed E-state index contributed by atoms with van der Waals surface area (Å²) in [6.45, 7) is 8.79. The predicted octanol–water partition coefficient (Wildman–Crippen LogP) is 5.28. The average Bonchev–Trinajstić information content (AvgIpc) is 2.85. The number of aryl methyl sites for hydroxylation is 1. The number of hydrogen-bond acceptors (Lipinski definition) is 4. The molecule has 9 heteroatoms. The molecule has 0 aliphatic carbocycles. The molecule has 2 amide bonds. The zero-order chi connectivity index (χ0) is 28.1. The molecule has 0 saturated carbocycles. The largest absolute Gasteiger partial charge is 0.350 e. The Bertz CT molecular complexity index is 1370. The molecule has 7 nitrogen and oxygen atoms in total. The Balaban J connectivity index is 2.03. The van der Waals surface area contributed by atoms with Crippen LogP contribution in [0.15, 0.2) is 88.2 Å². The van der Waals surface area contributed by atoms with Crippen molar-refractivity contribution < 1.29 is 18.0 Å². The molecule has 0 spiro atoms. The maximum absolute atomic E-state index is 13.9. The zero-order valence-corrected chi connectivity index (χ0v) is 24.7. The fourth-order valence-electron chi connectivity index (χ4n) is 3.83. The Morgan fingerprint density at radius 1 is 0.947 bits per heavy atom. The number of halogens is 1. The van der Waals surface area contributed by atoms with Gasteiger partial charge in [0.2, 0.25) is 11.8 Å². The number of benzene rings is 3. The molecule has 1 atom stereocenters. The molecule has 0 radical (unpaired) electrons. The molecule has 0 bridgehead atoms. The number of rotatable bonds is 9. The SMILES string of the molecule is Cc1ccc(S(=O)(=O)N(CC(=O)N(Cc2ccccc2)C(C)C(=O)NC(C)(C)C)c2cccc(Br)c2)cc1. The van der Waals surface area contributed by atoms with Crippen LogP contribution in [0.4, 0.5) is 5.69 Å². The summed E-state index contributed by atoms with van der Waals surface area (Å²) in [7, 11) is -4.10. The smallest absolute Gasteiger partial charge is 0.264 e. The van der Waals surface area contributed by atoms with E-state index in [1.165, 1.54) is 17.0 Å². The van der Waals surface area contributed by atoms with Gasteiger partial charge in [0, 0.05) is 16.6 Å². The third-order valence-electron chi connectivity index (χ3n) is 5.85.